The van der Waals surface area contributed by atoms with E-state index in [4.69, 9.17) is 0 Å². The van der Waals surface area contributed by atoms with Gasteiger partial charge in [0, 0.05) is 13.0 Å². The normalized spacial score (nSPS) is 10.1. The summed E-state index contributed by atoms with van der Waals surface area (Å²) in [5.41, 5.74) is 1.02. The van der Waals surface area contributed by atoms with Gasteiger partial charge in [-0.05, 0) is 36.8 Å². The summed E-state index contributed by atoms with van der Waals surface area (Å²) in [7, 11) is 1.39. The van der Waals surface area contributed by atoms with E-state index in [-0.39, 0.29) is 11.9 Å². The van der Waals surface area contributed by atoms with Gasteiger partial charge < -0.3 is 10.1 Å². The number of carbonyl (C=O) groups is 2. The summed E-state index contributed by atoms with van der Waals surface area (Å²) >= 11 is 1.46. The lowest BCUT2D eigenvalue weighted by Gasteiger charge is -2.04. The summed E-state index contributed by atoms with van der Waals surface area (Å²) in [5.74, 6) is -0.177. The number of nitrogens with one attached hydrogen (secondary N) is 1. The van der Waals surface area contributed by atoms with E-state index in [1.165, 1.54) is 18.4 Å². The number of methoxy groups -OCH3 is 1. The van der Waals surface area contributed by atoms with Gasteiger partial charge in [-0.2, -0.15) is 0 Å². The maximum atomic E-state index is 11.7. The smallest absolute Gasteiger partial charge is 0.305 e. The molecule has 0 spiro atoms. The number of hydrogen-bond donors (Lipinski definition) is 1. The summed E-state index contributed by atoms with van der Waals surface area (Å²) in [6.07, 6.45) is 3.06. The second kappa shape index (κ2) is 7.87. The van der Waals surface area contributed by atoms with E-state index in [1.807, 2.05) is 18.4 Å². The maximum absolute atomic E-state index is 11.7. The van der Waals surface area contributed by atoms with Gasteiger partial charge in [0.1, 0.15) is 0 Å². The van der Waals surface area contributed by atoms with Gasteiger partial charge in [0.2, 0.25) is 0 Å². The average molecular weight is 269 g/mol. The van der Waals surface area contributed by atoms with Crippen molar-refractivity contribution in [3.63, 3.8) is 0 Å². The lowest BCUT2D eigenvalue weighted by Crippen LogP contribution is -2.24. The second-order valence-electron chi connectivity index (χ2n) is 4.08. The Morgan fingerprint density at radius 2 is 2.11 bits per heavy atom. The zero-order chi connectivity index (χ0) is 13.4. The number of ether oxygens (including phenoxy) is 1. The van der Waals surface area contributed by atoms with Crippen molar-refractivity contribution < 1.29 is 14.3 Å². The molecule has 0 aliphatic carbocycles. The van der Waals surface area contributed by atoms with Crippen LogP contribution < -0.4 is 5.32 Å². The van der Waals surface area contributed by atoms with Crippen molar-refractivity contribution in [3.05, 3.63) is 21.9 Å². The fourth-order valence-corrected chi connectivity index (χ4v) is 2.40. The monoisotopic (exact) mass is 269 g/mol. The first-order valence-corrected chi connectivity index (χ1v) is 6.92. The molecule has 0 bridgehead atoms. The number of hydrogen-bond acceptors (Lipinski definition) is 4. The van der Waals surface area contributed by atoms with E-state index in [9.17, 15) is 9.59 Å². The van der Waals surface area contributed by atoms with Crippen LogP contribution in [0.5, 0.6) is 0 Å². The Bertz CT molecular complexity index is 401. The van der Waals surface area contributed by atoms with Gasteiger partial charge in [-0.15, -0.1) is 11.3 Å². The number of amides is 1. The molecule has 0 aliphatic heterocycles. The SMILES string of the molecule is COC(=O)CCCCCNC(=O)c1sccc1C. The molecule has 100 valence electrons. The molecule has 1 rings (SSSR count). The molecular formula is C13H19NO3S. The Balaban J connectivity index is 2.10. The van der Waals surface area contributed by atoms with E-state index >= 15 is 0 Å². The van der Waals surface area contributed by atoms with E-state index < -0.39 is 0 Å². The van der Waals surface area contributed by atoms with Crippen molar-refractivity contribution in [2.45, 2.75) is 32.6 Å². The molecule has 1 N–H and O–H groups in total. The fraction of sp³-hybridized carbons (Fsp3) is 0.538. The fourth-order valence-electron chi connectivity index (χ4n) is 1.56. The van der Waals surface area contributed by atoms with Crippen molar-refractivity contribution in [3.8, 4) is 0 Å². The number of unbranched alkanes of at least 4 members (excludes halogenated alkanes) is 2. The number of rotatable bonds is 7. The molecule has 1 aromatic heterocycles. The minimum Gasteiger partial charge on any atom is -0.469 e. The summed E-state index contributed by atoms with van der Waals surface area (Å²) in [4.78, 5) is 23.4. The van der Waals surface area contributed by atoms with E-state index in [0.29, 0.717) is 13.0 Å². The Kier molecular flexibility index (Phi) is 6.43. The minimum atomic E-state index is -0.173. The Morgan fingerprint density at radius 1 is 1.33 bits per heavy atom. The van der Waals surface area contributed by atoms with Crippen LogP contribution in [0.4, 0.5) is 0 Å². The molecule has 0 aromatic carbocycles. The van der Waals surface area contributed by atoms with Crippen LogP contribution >= 0.6 is 11.3 Å². The van der Waals surface area contributed by atoms with Gasteiger partial charge >= 0.3 is 5.97 Å². The van der Waals surface area contributed by atoms with Crippen LogP contribution in [0.15, 0.2) is 11.4 Å². The zero-order valence-corrected chi connectivity index (χ0v) is 11.6. The summed E-state index contributed by atoms with van der Waals surface area (Å²) < 4.78 is 4.55. The van der Waals surface area contributed by atoms with Gasteiger partial charge in [0.15, 0.2) is 0 Å². The van der Waals surface area contributed by atoms with Crippen molar-refractivity contribution in [1.82, 2.24) is 5.32 Å². The molecule has 0 saturated carbocycles. The van der Waals surface area contributed by atoms with Crippen LogP contribution in [0.25, 0.3) is 0 Å². The van der Waals surface area contributed by atoms with E-state index in [0.717, 1.165) is 29.7 Å². The minimum absolute atomic E-state index is 0.00420. The molecule has 0 aliphatic rings. The Morgan fingerprint density at radius 3 is 2.72 bits per heavy atom. The molecule has 5 heteroatoms. The van der Waals surface area contributed by atoms with Gasteiger partial charge in [-0.25, -0.2) is 0 Å². The van der Waals surface area contributed by atoms with Gasteiger partial charge in [0.25, 0.3) is 5.91 Å². The molecule has 1 heterocycles. The van der Waals surface area contributed by atoms with Crippen molar-refractivity contribution in [2.75, 3.05) is 13.7 Å². The zero-order valence-electron chi connectivity index (χ0n) is 10.8. The first-order valence-electron chi connectivity index (χ1n) is 6.04. The van der Waals surface area contributed by atoms with Crippen LogP contribution in [0.3, 0.4) is 0 Å². The number of thiophene rings is 1. The van der Waals surface area contributed by atoms with E-state index in [2.05, 4.69) is 10.1 Å². The van der Waals surface area contributed by atoms with Gasteiger partial charge in [-0.3, -0.25) is 9.59 Å². The predicted molar refractivity (Wildman–Crippen MR) is 71.9 cm³/mol. The Labute approximate surface area is 111 Å². The number of aryl methyl sites for hydroxylation is 1. The first-order chi connectivity index (χ1) is 8.65. The van der Waals surface area contributed by atoms with Crippen LogP contribution in [0, 0.1) is 6.92 Å². The third-order valence-corrected chi connectivity index (χ3v) is 3.65. The van der Waals surface area contributed by atoms with Crippen LogP contribution in [-0.4, -0.2) is 25.5 Å². The van der Waals surface area contributed by atoms with Crippen LogP contribution in [0.1, 0.15) is 40.9 Å². The maximum Gasteiger partial charge on any atom is 0.305 e. The standard InChI is InChI=1S/C13H19NO3S/c1-10-7-9-18-12(10)13(16)14-8-5-3-4-6-11(15)17-2/h7,9H,3-6,8H2,1-2H3,(H,14,16). The molecular weight excluding hydrogens is 250 g/mol. The average Bonchev–Trinajstić information content (AvgIpc) is 2.79. The highest BCUT2D eigenvalue weighted by molar-refractivity contribution is 7.12. The highest BCUT2D eigenvalue weighted by Crippen LogP contribution is 2.14. The number of esters is 1. The topological polar surface area (TPSA) is 55.4 Å². The van der Waals surface area contributed by atoms with Gasteiger partial charge in [0.05, 0.1) is 12.0 Å². The predicted octanol–water partition coefficient (Wildman–Crippen LogP) is 2.52. The quantitative estimate of drug-likeness (QED) is 0.611. The highest BCUT2D eigenvalue weighted by Gasteiger charge is 2.09. The van der Waals surface area contributed by atoms with Crippen molar-refractivity contribution in [2.24, 2.45) is 0 Å². The first kappa shape index (κ1) is 14.7. The summed E-state index contributed by atoms with van der Waals surface area (Å²) in [6.45, 7) is 2.58. The third kappa shape index (κ3) is 4.87. The molecule has 1 amide bonds. The van der Waals surface area contributed by atoms with E-state index in [1.54, 1.807) is 0 Å². The summed E-state index contributed by atoms with van der Waals surface area (Å²) in [6, 6.07) is 1.94. The molecule has 0 radical (unpaired) electrons. The molecule has 18 heavy (non-hydrogen) atoms. The Hall–Kier alpha value is -1.36. The molecule has 4 nitrogen and oxygen atoms in total. The lowest BCUT2D eigenvalue weighted by molar-refractivity contribution is -0.140. The molecule has 0 atom stereocenters. The van der Waals surface area contributed by atoms with Crippen molar-refractivity contribution >= 4 is 23.2 Å². The largest absolute Gasteiger partial charge is 0.469 e. The molecule has 0 unspecified atom stereocenters. The van der Waals surface area contributed by atoms with Crippen LogP contribution in [0.2, 0.25) is 0 Å². The highest BCUT2D eigenvalue weighted by atomic mass is 32.1. The molecule has 0 saturated heterocycles. The third-order valence-electron chi connectivity index (χ3n) is 2.64. The van der Waals surface area contributed by atoms with Crippen LogP contribution in [-0.2, 0) is 9.53 Å². The van der Waals surface area contributed by atoms with Gasteiger partial charge in [-0.1, -0.05) is 6.42 Å². The lowest BCUT2D eigenvalue weighted by atomic mass is 10.2. The molecule has 1 aromatic rings. The summed E-state index contributed by atoms with van der Waals surface area (Å²) in [5, 5.41) is 4.80. The molecule has 0 fully saturated rings. The van der Waals surface area contributed by atoms with Crippen molar-refractivity contribution in [1.29, 1.82) is 0 Å². The number of carbonyl (C=O) groups excluding carboxylic acids is 2. The second-order valence-corrected chi connectivity index (χ2v) is 4.99.